The van der Waals surface area contributed by atoms with E-state index >= 15 is 0 Å². The first-order valence-electron chi connectivity index (χ1n) is 10.0. The van der Waals surface area contributed by atoms with Gasteiger partial charge in [-0.2, -0.15) is 0 Å². The van der Waals surface area contributed by atoms with Gasteiger partial charge in [0.05, 0.1) is 0 Å². The molecule has 2 N–H and O–H groups in total. The van der Waals surface area contributed by atoms with Crippen molar-refractivity contribution in [3.63, 3.8) is 0 Å². The molecule has 1 aromatic carbocycles. The Morgan fingerprint density at radius 1 is 1.03 bits per heavy atom. The van der Waals surface area contributed by atoms with Crippen LogP contribution in [-0.2, 0) is 19.1 Å². The second-order valence-corrected chi connectivity index (χ2v) is 8.27. The van der Waals surface area contributed by atoms with Gasteiger partial charge in [-0.1, -0.05) is 45.4 Å². The van der Waals surface area contributed by atoms with Crippen LogP contribution >= 0.6 is 0 Å². The predicted octanol–water partition coefficient (Wildman–Crippen LogP) is 2.83. The van der Waals surface area contributed by atoms with Crippen LogP contribution in [0.2, 0.25) is 0 Å². The Morgan fingerprint density at radius 2 is 1.66 bits per heavy atom. The number of ether oxygens (including phenoxy) is 2. The molecule has 0 aliphatic heterocycles. The van der Waals surface area contributed by atoms with Gasteiger partial charge in [-0.15, -0.1) is 0 Å². The fraction of sp³-hybridized carbons (Fsp3) is 0.591. The summed E-state index contributed by atoms with van der Waals surface area (Å²) in [6.07, 6.45) is 1.16. The first-order chi connectivity index (χ1) is 13.5. The summed E-state index contributed by atoms with van der Waals surface area (Å²) < 4.78 is 10.8. The highest BCUT2D eigenvalue weighted by molar-refractivity contribution is 5.91. The summed E-state index contributed by atoms with van der Waals surface area (Å²) in [7, 11) is 0. The molecule has 2 unspecified atom stereocenters. The zero-order valence-corrected chi connectivity index (χ0v) is 18.3. The molecule has 1 rings (SSSR count). The van der Waals surface area contributed by atoms with E-state index in [-0.39, 0.29) is 12.5 Å². The van der Waals surface area contributed by atoms with E-state index in [1.165, 1.54) is 0 Å². The van der Waals surface area contributed by atoms with E-state index in [0.29, 0.717) is 18.6 Å². The third kappa shape index (κ3) is 9.45. The zero-order valence-electron chi connectivity index (χ0n) is 18.3. The lowest BCUT2D eigenvalue weighted by Gasteiger charge is -2.27. The summed E-state index contributed by atoms with van der Waals surface area (Å²) in [6.45, 7) is 10.7. The van der Waals surface area contributed by atoms with Crippen LogP contribution in [0, 0.1) is 5.92 Å². The minimum Gasteiger partial charge on any atom is -0.484 e. The molecule has 2 amide bonds. The number of amides is 2. The number of benzene rings is 1. The monoisotopic (exact) mass is 406 g/mol. The number of carbonyl (C=O) groups excluding carboxylic acids is 3. The minimum absolute atomic E-state index is 0.170. The Bertz CT molecular complexity index is 668. The van der Waals surface area contributed by atoms with Crippen molar-refractivity contribution < 1.29 is 23.9 Å². The quantitative estimate of drug-likeness (QED) is 0.583. The Labute approximate surface area is 173 Å². The topological polar surface area (TPSA) is 93.7 Å². The molecule has 0 saturated carbocycles. The molecule has 0 fully saturated rings. The standard InChI is InChI=1S/C22H34N2O5/c1-7-11-17(21(27)29-22(4,5)6)23-20(26)19(15(2)3)24-18(25)14-28-16-12-9-8-10-13-16/h8-10,12-13,15,17,19H,7,11,14H2,1-6H3,(H,23,26)(H,24,25). The molecule has 29 heavy (non-hydrogen) atoms. The van der Waals surface area contributed by atoms with Crippen molar-refractivity contribution >= 4 is 17.8 Å². The average Bonchev–Trinajstić information content (AvgIpc) is 2.63. The molecule has 0 radical (unpaired) electrons. The number of hydrogen-bond donors (Lipinski definition) is 2. The molecule has 2 atom stereocenters. The van der Waals surface area contributed by atoms with Crippen molar-refractivity contribution in [2.75, 3.05) is 6.61 Å². The van der Waals surface area contributed by atoms with Crippen LogP contribution < -0.4 is 15.4 Å². The van der Waals surface area contributed by atoms with Crippen molar-refractivity contribution in [2.45, 2.75) is 72.1 Å². The third-order valence-electron chi connectivity index (χ3n) is 3.96. The smallest absolute Gasteiger partial charge is 0.329 e. The van der Waals surface area contributed by atoms with Crippen LogP contribution in [0.3, 0.4) is 0 Å². The van der Waals surface area contributed by atoms with E-state index in [0.717, 1.165) is 0 Å². The maximum Gasteiger partial charge on any atom is 0.329 e. The van der Waals surface area contributed by atoms with Crippen LogP contribution in [0.1, 0.15) is 54.4 Å². The lowest BCUT2D eigenvalue weighted by Crippen LogP contribution is -2.55. The molecule has 0 bridgehead atoms. The zero-order chi connectivity index (χ0) is 22.0. The molecule has 0 aromatic heterocycles. The van der Waals surface area contributed by atoms with Crippen LogP contribution in [0.25, 0.3) is 0 Å². The van der Waals surface area contributed by atoms with E-state index in [9.17, 15) is 14.4 Å². The minimum atomic E-state index is -0.788. The van der Waals surface area contributed by atoms with Gasteiger partial charge < -0.3 is 20.1 Å². The van der Waals surface area contributed by atoms with E-state index in [4.69, 9.17) is 9.47 Å². The molecule has 0 heterocycles. The normalized spacial score (nSPS) is 13.3. The molecule has 0 saturated heterocycles. The molecular weight excluding hydrogens is 372 g/mol. The Kier molecular flexibility index (Phi) is 9.65. The SMILES string of the molecule is CCCC(NC(=O)C(NC(=O)COc1ccccc1)C(C)C)C(=O)OC(C)(C)C. The van der Waals surface area contributed by atoms with Crippen molar-refractivity contribution in [1.29, 1.82) is 0 Å². The van der Waals surface area contributed by atoms with Gasteiger partial charge in [0.1, 0.15) is 23.4 Å². The van der Waals surface area contributed by atoms with Crippen LogP contribution in [-0.4, -0.2) is 42.1 Å². The molecule has 0 aliphatic carbocycles. The van der Waals surface area contributed by atoms with Gasteiger partial charge in [-0.05, 0) is 45.2 Å². The van der Waals surface area contributed by atoms with Gasteiger partial charge in [0, 0.05) is 0 Å². The Morgan fingerprint density at radius 3 is 2.17 bits per heavy atom. The number of nitrogens with one attached hydrogen (secondary N) is 2. The lowest BCUT2D eigenvalue weighted by molar-refractivity contribution is -0.159. The highest BCUT2D eigenvalue weighted by Crippen LogP contribution is 2.12. The fourth-order valence-electron chi connectivity index (χ4n) is 2.59. The highest BCUT2D eigenvalue weighted by Gasteiger charge is 2.30. The fourth-order valence-corrected chi connectivity index (χ4v) is 2.59. The van der Waals surface area contributed by atoms with Crippen molar-refractivity contribution in [3.8, 4) is 5.75 Å². The van der Waals surface area contributed by atoms with E-state index in [2.05, 4.69) is 10.6 Å². The predicted molar refractivity (Wildman–Crippen MR) is 111 cm³/mol. The molecule has 162 valence electrons. The second-order valence-electron chi connectivity index (χ2n) is 8.27. The summed E-state index contributed by atoms with van der Waals surface area (Å²) in [6, 6.07) is 7.41. The van der Waals surface area contributed by atoms with Crippen LogP contribution in [0.5, 0.6) is 5.75 Å². The molecule has 0 aliphatic rings. The van der Waals surface area contributed by atoms with Crippen molar-refractivity contribution in [1.82, 2.24) is 10.6 Å². The first-order valence-corrected chi connectivity index (χ1v) is 10.0. The first kappa shape index (κ1) is 24.5. The Hall–Kier alpha value is -2.57. The maximum absolute atomic E-state index is 12.8. The molecule has 7 heteroatoms. The average molecular weight is 407 g/mol. The van der Waals surface area contributed by atoms with E-state index < -0.39 is 35.5 Å². The largest absolute Gasteiger partial charge is 0.484 e. The molecule has 7 nitrogen and oxygen atoms in total. The summed E-state index contributed by atoms with van der Waals surface area (Å²) >= 11 is 0. The van der Waals surface area contributed by atoms with Crippen LogP contribution in [0.4, 0.5) is 0 Å². The number of para-hydroxylation sites is 1. The lowest BCUT2D eigenvalue weighted by atomic mass is 10.0. The number of rotatable bonds is 10. The molecule has 0 spiro atoms. The van der Waals surface area contributed by atoms with Gasteiger partial charge >= 0.3 is 5.97 Å². The van der Waals surface area contributed by atoms with E-state index in [1.54, 1.807) is 32.9 Å². The van der Waals surface area contributed by atoms with Crippen molar-refractivity contribution in [2.24, 2.45) is 5.92 Å². The van der Waals surface area contributed by atoms with Crippen LogP contribution in [0.15, 0.2) is 30.3 Å². The second kappa shape index (κ2) is 11.4. The van der Waals surface area contributed by atoms with Gasteiger partial charge in [0.2, 0.25) is 5.91 Å². The number of carbonyl (C=O) groups is 3. The third-order valence-corrected chi connectivity index (χ3v) is 3.96. The van der Waals surface area contributed by atoms with E-state index in [1.807, 2.05) is 39.0 Å². The summed E-state index contributed by atoms with van der Waals surface area (Å²) in [4.78, 5) is 37.5. The number of hydrogen-bond acceptors (Lipinski definition) is 5. The summed E-state index contributed by atoms with van der Waals surface area (Å²) in [5, 5.41) is 5.42. The maximum atomic E-state index is 12.8. The molecular formula is C22H34N2O5. The van der Waals surface area contributed by atoms with Gasteiger partial charge in [-0.25, -0.2) is 4.79 Å². The highest BCUT2D eigenvalue weighted by atomic mass is 16.6. The van der Waals surface area contributed by atoms with Gasteiger partial charge in [0.25, 0.3) is 5.91 Å². The summed E-state index contributed by atoms with van der Waals surface area (Å²) in [5.74, 6) is -0.906. The molecule has 1 aromatic rings. The van der Waals surface area contributed by atoms with Gasteiger partial charge in [0.15, 0.2) is 6.61 Å². The van der Waals surface area contributed by atoms with Crippen molar-refractivity contribution in [3.05, 3.63) is 30.3 Å². The van der Waals surface area contributed by atoms with Gasteiger partial charge in [-0.3, -0.25) is 9.59 Å². The number of esters is 1. The summed E-state index contributed by atoms with van der Waals surface area (Å²) in [5.41, 5.74) is -0.645. The Balaban J connectivity index is 2.71.